The summed E-state index contributed by atoms with van der Waals surface area (Å²) in [4.78, 5) is 97.7. The number of aliphatic hydroxyl groups is 1. The van der Waals surface area contributed by atoms with Crippen LogP contribution in [0.4, 0.5) is 4.39 Å². The van der Waals surface area contributed by atoms with Crippen molar-refractivity contribution in [2.75, 3.05) is 19.8 Å². The third-order valence-electron chi connectivity index (χ3n) is 13.3. The van der Waals surface area contributed by atoms with Crippen LogP contribution in [0, 0.1) is 5.82 Å². The highest BCUT2D eigenvalue weighted by molar-refractivity contribution is 6.38. The minimum absolute atomic E-state index is 0. The number of aldehydes is 1. The van der Waals surface area contributed by atoms with Crippen LogP contribution >= 0.6 is 0 Å². The number of nitrogens with two attached hydrogens (primary N) is 1. The van der Waals surface area contributed by atoms with Crippen LogP contribution in [0.1, 0.15) is 122 Å². The van der Waals surface area contributed by atoms with Crippen LogP contribution in [-0.4, -0.2) is 106 Å². The van der Waals surface area contributed by atoms with Gasteiger partial charge in [-0.1, -0.05) is 81.3 Å². The summed E-state index contributed by atoms with van der Waals surface area (Å²) in [5.41, 5.74) is 8.75. The van der Waals surface area contributed by atoms with Crippen molar-refractivity contribution >= 4 is 41.5 Å². The number of carbonyl (C=O) groups excluding carboxylic acids is 7. The highest BCUT2D eigenvalue weighted by atomic mass is 19.1. The van der Waals surface area contributed by atoms with Crippen molar-refractivity contribution in [1.82, 2.24) is 30.9 Å². The summed E-state index contributed by atoms with van der Waals surface area (Å²) in [6.07, 6.45) is 11.5. The van der Waals surface area contributed by atoms with E-state index >= 15 is 0 Å². The molecule has 5 heterocycles. The predicted molar refractivity (Wildman–Crippen MR) is 298 cm³/mol. The number of aromatic nitrogens is 3. The second-order valence-corrected chi connectivity index (χ2v) is 19.1. The molecular formula is C61H68FN7O11. The number of benzene rings is 4. The third kappa shape index (κ3) is 16.9. The van der Waals surface area contributed by atoms with Crippen molar-refractivity contribution < 1.29 is 57.3 Å². The third-order valence-corrected chi connectivity index (χ3v) is 13.3. The summed E-state index contributed by atoms with van der Waals surface area (Å²) in [7, 11) is 0. The number of carbonyl (C=O) groups is 7. The van der Waals surface area contributed by atoms with E-state index in [-0.39, 0.29) is 42.6 Å². The second-order valence-electron chi connectivity index (χ2n) is 19.1. The number of amides is 4. The number of ketones is 2. The van der Waals surface area contributed by atoms with Gasteiger partial charge >= 0.3 is 0 Å². The molecule has 3 aliphatic heterocycles. The molecule has 2 aromatic heterocycles. The molecule has 0 saturated heterocycles. The van der Waals surface area contributed by atoms with E-state index in [1.165, 1.54) is 19.1 Å². The number of ether oxygens (including phenoxy) is 3. The molecule has 0 aliphatic carbocycles. The first-order chi connectivity index (χ1) is 38.3. The normalized spacial score (nSPS) is 18.1. The number of primary amides is 1. The van der Waals surface area contributed by atoms with Crippen molar-refractivity contribution in [3.05, 3.63) is 144 Å². The Labute approximate surface area is 464 Å². The second kappa shape index (κ2) is 30.4. The highest BCUT2D eigenvalue weighted by Crippen LogP contribution is 2.31. The summed E-state index contributed by atoms with van der Waals surface area (Å²) in [5, 5.41) is 18.5. The fourth-order valence-electron chi connectivity index (χ4n) is 9.10. The van der Waals surface area contributed by atoms with Crippen LogP contribution in [0.5, 0.6) is 17.4 Å². The Bertz CT molecular complexity index is 3120. The number of hydrogen-bond acceptors (Lipinski definition) is 14. The van der Waals surface area contributed by atoms with Gasteiger partial charge in [-0.05, 0) is 113 Å². The summed E-state index contributed by atoms with van der Waals surface area (Å²) in [5.74, 6) is -1.88. The van der Waals surface area contributed by atoms with E-state index in [9.17, 15) is 43.1 Å². The molecule has 6 N–H and O–H groups in total. The van der Waals surface area contributed by atoms with Gasteiger partial charge in [0.25, 0.3) is 23.6 Å². The molecule has 19 heteroatoms. The Morgan fingerprint density at radius 2 is 1.15 bits per heavy atom. The zero-order chi connectivity index (χ0) is 56.1. The lowest BCUT2D eigenvalue weighted by Gasteiger charge is -2.23. The summed E-state index contributed by atoms with van der Waals surface area (Å²) in [6.45, 7) is 2.91. The number of nitrogens with zero attached hydrogens (tertiary/aromatic N) is 3. The SMILES string of the molecule is C.CC(=O)C(O)[C@@H]1CCCCCOc2ccnc(n2)-c2ccccc2C(=O)N1.NC(=O)C(=O)[C@@H]1CCCCCOc2ccc(F)c(c2)-c2ccccc2C(=O)N1.O=C[C@@H]1CCCCCOc2ccnc(c2)-c2ccccc2C(=O)N1. The van der Waals surface area contributed by atoms with E-state index in [0.717, 1.165) is 62.5 Å². The fraction of sp³-hybridized carbons (Fsp3) is 0.344. The van der Waals surface area contributed by atoms with Gasteiger partial charge in [0.2, 0.25) is 11.7 Å². The summed E-state index contributed by atoms with van der Waals surface area (Å²) in [6, 6.07) is 28.4. The van der Waals surface area contributed by atoms with E-state index in [1.54, 1.807) is 85.2 Å². The number of hydrogen-bond donors (Lipinski definition) is 5. The minimum atomic E-state index is -1.23. The molecule has 0 saturated carbocycles. The Morgan fingerprint density at radius 1 is 0.613 bits per heavy atom. The number of fused-ring (bicyclic) bond motifs is 12. The Hall–Kier alpha value is -8.71. The quantitative estimate of drug-likeness (QED) is 0.0802. The zero-order valence-electron chi connectivity index (χ0n) is 43.9. The zero-order valence-corrected chi connectivity index (χ0v) is 43.9. The van der Waals surface area contributed by atoms with Crippen LogP contribution in [-0.2, 0) is 19.2 Å². The van der Waals surface area contributed by atoms with Gasteiger partial charge in [-0.2, -0.15) is 4.98 Å². The lowest BCUT2D eigenvalue weighted by Crippen LogP contribution is -2.46. The average Bonchev–Trinajstić information content (AvgIpc) is 3.47. The largest absolute Gasteiger partial charge is 0.494 e. The molecule has 420 valence electrons. The number of nitrogens with one attached hydrogen (secondary N) is 3. The molecule has 6 bridgehead atoms. The minimum Gasteiger partial charge on any atom is -0.494 e. The van der Waals surface area contributed by atoms with Crippen molar-refractivity contribution in [3.8, 4) is 51.2 Å². The van der Waals surface area contributed by atoms with Gasteiger partial charge in [0, 0.05) is 52.3 Å². The molecule has 4 aromatic carbocycles. The standard InChI is InChI=1S/C21H21FN2O4.C20H23N3O4.C19H20N2O3.CH4/c22-17-10-9-13-12-16(17)14-6-3-4-7-15(14)21(27)24-18(19(25)20(23)26)8-2-1-5-11-28-13;1-13(24)18(25)16-9-3-2-6-12-27-17-10-11-21-19(23-17)14-7-4-5-8-15(14)20(26)22-16;22-13-14-6-2-1-5-11-24-15-9-10-20-18(12-15)16-7-3-4-8-17(16)19(23)21-14;/h3-4,6-7,9-10,12,18H,1-2,5,8,11H2,(H2,23,26)(H,24,27);4-5,7-8,10-11,16,18,25H,2-3,6,9,12H2,1H3,(H,22,26);3-4,7-10,12-14H,1-2,5-6,11H2,(H,21,23);1H4/t18-;16-,18?;14-;/m000./s1. The maximum Gasteiger partial charge on any atom is 0.287 e. The maximum absolute atomic E-state index is 14.5. The van der Waals surface area contributed by atoms with Gasteiger partial charge < -0.3 is 45.8 Å². The first kappa shape index (κ1) is 60.5. The first-order valence-electron chi connectivity index (χ1n) is 26.5. The van der Waals surface area contributed by atoms with Crippen LogP contribution < -0.4 is 35.9 Å². The monoisotopic (exact) mass is 1090 g/mol. The first-order valence-corrected chi connectivity index (χ1v) is 26.5. The number of halogens is 1. The molecule has 4 amide bonds. The van der Waals surface area contributed by atoms with Crippen molar-refractivity contribution in [3.63, 3.8) is 0 Å². The van der Waals surface area contributed by atoms with Gasteiger partial charge in [0.15, 0.2) is 11.6 Å². The molecule has 4 atom stereocenters. The lowest BCUT2D eigenvalue weighted by molar-refractivity contribution is -0.137. The Balaban J connectivity index is 0.000000193. The number of rotatable bonds is 5. The van der Waals surface area contributed by atoms with Gasteiger partial charge in [0.05, 0.1) is 49.2 Å². The topological polar surface area (TPSA) is 268 Å². The van der Waals surface area contributed by atoms with Crippen LogP contribution in [0.3, 0.4) is 0 Å². The molecule has 9 rings (SSSR count). The lowest BCUT2D eigenvalue weighted by atomic mass is 9.97. The summed E-state index contributed by atoms with van der Waals surface area (Å²) >= 11 is 0. The molecular weight excluding hydrogens is 1030 g/mol. The number of aliphatic hydroxyl groups excluding tert-OH is 1. The van der Waals surface area contributed by atoms with E-state index in [2.05, 4.69) is 30.9 Å². The van der Waals surface area contributed by atoms with Crippen LogP contribution in [0.2, 0.25) is 0 Å². The predicted octanol–water partition coefficient (Wildman–Crippen LogP) is 8.38. The van der Waals surface area contributed by atoms with Crippen molar-refractivity contribution in [2.24, 2.45) is 5.73 Å². The highest BCUT2D eigenvalue weighted by Gasteiger charge is 2.29. The molecule has 6 aromatic rings. The van der Waals surface area contributed by atoms with Gasteiger partial charge in [-0.25, -0.2) is 9.37 Å². The molecule has 80 heavy (non-hydrogen) atoms. The van der Waals surface area contributed by atoms with Crippen LogP contribution in [0.15, 0.2) is 122 Å². The van der Waals surface area contributed by atoms with Gasteiger partial charge in [-0.3, -0.25) is 33.8 Å². The molecule has 18 nitrogen and oxygen atoms in total. The molecule has 0 spiro atoms. The Kier molecular flexibility index (Phi) is 23.0. The number of Topliss-reactive ketones (excluding diaryl/α,β-unsaturated/α-hetero) is 2. The average molecular weight is 1090 g/mol. The summed E-state index contributed by atoms with van der Waals surface area (Å²) < 4.78 is 31.7. The van der Waals surface area contributed by atoms with E-state index < -0.39 is 47.6 Å². The molecule has 1 unspecified atom stereocenters. The molecule has 0 fully saturated rings. The maximum atomic E-state index is 14.5. The Morgan fingerprint density at radius 3 is 1.80 bits per heavy atom. The van der Waals surface area contributed by atoms with Crippen LogP contribution in [0.25, 0.3) is 33.8 Å². The van der Waals surface area contributed by atoms with Gasteiger partial charge in [-0.15, -0.1) is 0 Å². The number of pyridine rings is 1. The molecule has 0 radical (unpaired) electrons. The smallest absolute Gasteiger partial charge is 0.287 e. The van der Waals surface area contributed by atoms with E-state index in [4.69, 9.17) is 19.9 Å². The van der Waals surface area contributed by atoms with Crippen molar-refractivity contribution in [2.45, 2.75) is 116 Å². The van der Waals surface area contributed by atoms with Gasteiger partial charge in [0.1, 0.15) is 29.7 Å². The van der Waals surface area contributed by atoms with E-state index in [0.29, 0.717) is 90.9 Å². The van der Waals surface area contributed by atoms with Crippen molar-refractivity contribution in [1.29, 1.82) is 0 Å². The van der Waals surface area contributed by atoms with E-state index in [1.807, 2.05) is 24.3 Å². The fourth-order valence-corrected chi connectivity index (χ4v) is 9.10. The molecule has 3 aliphatic rings.